The van der Waals surface area contributed by atoms with E-state index in [4.69, 9.17) is 4.74 Å². The van der Waals surface area contributed by atoms with Crippen molar-refractivity contribution in [3.05, 3.63) is 47.3 Å². The van der Waals surface area contributed by atoms with E-state index < -0.39 is 0 Å². The Morgan fingerprint density at radius 1 is 1.29 bits per heavy atom. The number of aryl methyl sites for hydroxylation is 2. The molecule has 0 aliphatic carbocycles. The van der Waals surface area contributed by atoms with Crippen molar-refractivity contribution in [2.75, 3.05) is 19.8 Å². The van der Waals surface area contributed by atoms with Crippen molar-refractivity contribution in [3.63, 3.8) is 0 Å². The van der Waals surface area contributed by atoms with Gasteiger partial charge in [0.2, 0.25) is 0 Å². The van der Waals surface area contributed by atoms with Gasteiger partial charge in [0, 0.05) is 24.4 Å². The third-order valence-corrected chi connectivity index (χ3v) is 4.52. The number of nitrogens with zero attached hydrogens (tertiary/aromatic N) is 3. The topological polar surface area (TPSA) is 47.4 Å². The summed E-state index contributed by atoms with van der Waals surface area (Å²) in [7, 11) is 0. The molecule has 1 aromatic heterocycles. The smallest absolute Gasteiger partial charge is 0.254 e. The van der Waals surface area contributed by atoms with Crippen molar-refractivity contribution in [2.45, 2.75) is 39.7 Å². The predicted octanol–water partition coefficient (Wildman–Crippen LogP) is 3.13. The first kappa shape index (κ1) is 16.7. The number of hydrogen-bond donors (Lipinski definition) is 0. The molecule has 3 rings (SSSR count). The second-order valence-electron chi connectivity index (χ2n) is 6.34. The fraction of sp³-hybridized carbons (Fsp3) is 0.474. The molecular formula is C19H25N3O2. The number of carbonyl (C=O) groups is 1. The zero-order valence-corrected chi connectivity index (χ0v) is 14.7. The standard InChI is InChI=1S/C19H25N3O2/c1-4-24-13-18-6-5-11-21(18)19(23)16-7-9-17(10-8-16)22-15(3)12-14(2)20-22/h7-10,12,18H,4-6,11,13H2,1-3H3. The summed E-state index contributed by atoms with van der Waals surface area (Å²) in [4.78, 5) is 14.7. The Labute approximate surface area is 143 Å². The maximum Gasteiger partial charge on any atom is 0.254 e. The Hall–Kier alpha value is -2.14. The average Bonchev–Trinajstić information content (AvgIpc) is 3.18. The highest BCUT2D eigenvalue weighted by Crippen LogP contribution is 2.21. The molecule has 0 bridgehead atoms. The Balaban J connectivity index is 1.75. The van der Waals surface area contributed by atoms with E-state index in [1.54, 1.807) is 0 Å². The van der Waals surface area contributed by atoms with Gasteiger partial charge in [-0.2, -0.15) is 5.10 Å². The van der Waals surface area contributed by atoms with Crippen LogP contribution in [0.25, 0.3) is 5.69 Å². The third-order valence-electron chi connectivity index (χ3n) is 4.52. The lowest BCUT2D eigenvalue weighted by molar-refractivity contribution is 0.0564. The summed E-state index contributed by atoms with van der Waals surface area (Å²) in [5.74, 6) is 0.0946. The van der Waals surface area contributed by atoms with E-state index in [0.29, 0.717) is 13.2 Å². The molecular weight excluding hydrogens is 302 g/mol. The van der Waals surface area contributed by atoms with Gasteiger partial charge in [0.1, 0.15) is 0 Å². The molecule has 0 saturated carbocycles. The Kier molecular flexibility index (Phi) is 5.00. The number of ether oxygens (including phenoxy) is 1. The van der Waals surface area contributed by atoms with Gasteiger partial charge in [-0.15, -0.1) is 0 Å². The van der Waals surface area contributed by atoms with Crippen LogP contribution in [-0.4, -0.2) is 46.4 Å². The minimum absolute atomic E-state index is 0.0946. The van der Waals surface area contributed by atoms with Crippen molar-refractivity contribution in [1.82, 2.24) is 14.7 Å². The zero-order chi connectivity index (χ0) is 17.1. The van der Waals surface area contributed by atoms with E-state index in [0.717, 1.165) is 42.0 Å². The molecule has 5 heteroatoms. The molecule has 1 aliphatic rings. The molecule has 1 fully saturated rings. The molecule has 2 heterocycles. The molecule has 2 aromatic rings. The van der Waals surface area contributed by atoms with E-state index in [1.807, 2.05) is 60.7 Å². The highest BCUT2D eigenvalue weighted by molar-refractivity contribution is 5.94. The van der Waals surface area contributed by atoms with Crippen molar-refractivity contribution >= 4 is 5.91 Å². The van der Waals surface area contributed by atoms with Crippen LogP contribution < -0.4 is 0 Å². The summed E-state index contributed by atoms with van der Waals surface area (Å²) in [5, 5.41) is 4.48. The van der Waals surface area contributed by atoms with Gasteiger partial charge in [-0.3, -0.25) is 4.79 Å². The molecule has 0 N–H and O–H groups in total. The van der Waals surface area contributed by atoms with E-state index in [1.165, 1.54) is 0 Å². The summed E-state index contributed by atoms with van der Waals surface area (Å²) in [6.45, 7) is 8.13. The summed E-state index contributed by atoms with van der Waals surface area (Å²) in [5.41, 5.74) is 3.78. The zero-order valence-electron chi connectivity index (χ0n) is 14.7. The number of rotatable bonds is 5. The molecule has 1 unspecified atom stereocenters. The lowest BCUT2D eigenvalue weighted by atomic mass is 10.1. The highest BCUT2D eigenvalue weighted by atomic mass is 16.5. The van der Waals surface area contributed by atoms with Crippen molar-refractivity contribution < 1.29 is 9.53 Å². The summed E-state index contributed by atoms with van der Waals surface area (Å²) < 4.78 is 7.42. The van der Waals surface area contributed by atoms with Crippen LogP contribution >= 0.6 is 0 Å². The van der Waals surface area contributed by atoms with Gasteiger partial charge in [0.25, 0.3) is 5.91 Å². The van der Waals surface area contributed by atoms with Crippen LogP contribution in [0.15, 0.2) is 30.3 Å². The first-order chi connectivity index (χ1) is 11.6. The van der Waals surface area contributed by atoms with Gasteiger partial charge >= 0.3 is 0 Å². The third kappa shape index (κ3) is 3.36. The second-order valence-corrected chi connectivity index (χ2v) is 6.34. The molecule has 5 nitrogen and oxygen atoms in total. The number of aromatic nitrogens is 2. The maximum absolute atomic E-state index is 12.8. The van der Waals surface area contributed by atoms with Crippen molar-refractivity contribution in [1.29, 1.82) is 0 Å². The predicted molar refractivity (Wildman–Crippen MR) is 93.6 cm³/mol. The average molecular weight is 327 g/mol. The van der Waals surface area contributed by atoms with E-state index in [9.17, 15) is 4.79 Å². The second kappa shape index (κ2) is 7.18. The molecule has 1 aliphatic heterocycles. The number of benzene rings is 1. The van der Waals surface area contributed by atoms with E-state index >= 15 is 0 Å². The van der Waals surface area contributed by atoms with Gasteiger partial charge < -0.3 is 9.64 Å². The number of amides is 1. The fourth-order valence-corrected chi connectivity index (χ4v) is 3.33. The lowest BCUT2D eigenvalue weighted by Crippen LogP contribution is -2.38. The quantitative estimate of drug-likeness (QED) is 0.847. The summed E-state index contributed by atoms with van der Waals surface area (Å²) in [6, 6.07) is 9.95. The minimum Gasteiger partial charge on any atom is -0.380 e. The highest BCUT2D eigenvalue weighted by Gasteiger charge is 2.29. The number of hydrogen-bond acceptors (Lipinski definition) is 3. The van der Waals surface area contributed by atoms with Gasteiger partial charge in [0.05, 0.1) is 24.0 Å². The van der Waals surface area contributed by atoms with Crippen LogP contribution in [0.2, 0.25) is 0 Å². The molecule has 1 saturated heterocycles. The largest absolute Gasteiger partial charge is 0.380 e. The van der Waals surface area contributed by atoms with Crippen molar-refractivity contribution in [2.24, 2.45) is 0 Å². The molecule has 128 valence electrons. The monoisotopic (exact) mass is 327 g/mol. The molecule has 0 spiro atoms. The first-order valence-electron chi connectivity index (χ1n) is 8.62. The Morgan fingerprint density at radius 3 is 2.67 bits per heavy atom. The molecule has 0 radical (unpaired) electrons. The lowest BCUT2D eigenvalue weighted by Gasteiger charge is -2.24. The SMILES string of the molecule is CCOCC1CCCN1C(=O)c1ccc(-n2nc(C)cc2C)cc1. The number of likely N-dealkylation sites (tertiary alicyclic amines) is 1. The molecule has 24 heavy (non-hydrogen) atoms. The minimum atomic E-state index is 0.0946. The molecule has 1 atom stereocenters. The van der Waals surface area contributed by atoms with Gasteiger partial charge in [-0.1, -0.05) is 0 Å². The van der Waals surface area contributed by atoms with Gasteiger partial charge in [0.15, 0.2) is 0 Å². The summed E-state index contributed by atoms with van der Waals surface area (Å²) in [6.07, 6.45) is 2.07. The maximum atomic E-state index is 12.8. The van der Waals surface area contributed by atoms with Crippen LogP contribution in [0.5, 0.6) is 0 Å². The molecule has 1 aromatic carbocycles. The van der Waals surface area contributed by atoms with E-state index in [2.05, 4.69) is 5.10 Å². The van der Waals surface area contributed by atoms with Gasteiger partial charge in [-0.25, -0.2) is 4.68 Å². The van der Waals surface area contributed by atoms with Crippen LogP contribution in [0.3, 0.4) is 0 Å². The first-order valence-corrected chi connectivity index (χ1v) is 8.62. The van der Waals surface area contributed by atoms with Crippen LogP contribution in [0, 0.1) is 13.8 Å². The van der Waals surface area contributed by atoms with Crippen LogP contribution in [0.1, 0.15) is 41.5 Å². The summed E-state index contributed by atoms with van der Waals surface area (Å²) >= 11 is 0. The Morgan fingerprint density at radius 2 is 2.04 bits per heavy atom. The van der Waals surface area contributed by atoms with E-state index in [-0.39, 0.29) is 11.9 Å². The fourth-order valence-electron chi connectivity index (χ4n) is 3.33. The van der Waals surface area contributed by atoms with Crippen LogP contribution in [-0.2, 0) is 4.74 Å². The normalized spacial score (nSPS) is 17.5. The molecule has 1 amide bonds. The van der Waals surface area contributed by atoms with Crippen LogP contribution in [0.4, 0.5) is 0 Å². The Bertz CT molecular complexity index is 706. The van der Waals surface area contributed by atoms with Crippen molar-refractivity contribution in [3.8, 4) is 5.69 Å². The van der Waals surface area contributed by atoms with Gasteiger partial charge in [-0.05, 0) is 63.9 Å². The number of carbonyl (C=O) groups excluding carboxylic acids is 1.